The van der Waals surface area contributed by atoms with Crippen LogP contribution < -0.4 is 20.1 Å². The third-order valence-electron chi connectivity index (χ3n) is 3.19. The molecule has 5 nitrogen and oxygen atoms in total. The number of hydrogen-bond donors (Lipinski definition) is 2. The molecule has 6 heteroatoms. The van der Waals surface area contributed by atoms with Crippen LogP contribution >= 0.6 is 15.9 Å². The van der Waals surface area contributed by atoms with Crippen LogP contribution in [-0.2, 0) is 6.54 Å². The highest BCUT2D eigenvalue weighted by molar-refractivity contribution is 9.10. The van der Waals surface area contributed by atoms with Crippen LogP contribution in [-0.4, -0.2) is 33.8 Å². The van der Waals surface area contributed by atoms with Gasteiger partial charge >= 0.3 is 0 Å². The summed E-state index contributed by atoms with van der Waals surface area (Å²) >= 11 is 3.50. The van der Waals surface area contributed by atoms with E-state index in [2.05, 4.69) is 45.4 Å². The molecule has 0 amide bonds. The van der Waals surface area contributed by atoms with Crippen LogP contribution in [0.25, 0.3) is 0 Å². The highest BCUT2D eigenvalue weighted by Gasteiger charge is 2.10. The monoisotopic (exact) mass is 371 g/mol. The summed E-state index contributed by atoms with van der Waals surface area (Å²) in [5.41, 5.74) is 1.08. The van der Waals surface area contributed by atoms with Crippen molar-refractivity contribution >= 4 is 21.9 Å². The van der Waals surface area contributed by atoms with Crippen molar-refractivity contribution < 1.29 is 9.47 Å². The summed E-state index contributed by atoms with van der Waals surface area (Å²) < 4.78 is 11.5. The molecule has 0 saturated heterocycles. The van der Waals surface area contributed by atoms with E-state index in [0.29, 0.717) is 24.0 Å². The van der Waals surface area contributed by atoms with E-state index in [4.69, 9.17) is 9.47 Å². The Morgan fingerprint density at radius 3 is 2.50 bits per heavy atom. The molecule has 0 radical (unpaired) electrons. The van der Waals surface area contributed by atoms with Gasteiger partial charge in [0.05, 0.1) is 18.7 Å². The number of benzene rings is 1. The summed E-state index contributed by atoms with van der Waals surface area (Å²) in [6.45, 7) is 5.98. The molecule has 0 unspecified atom stereocenters. The maximum atomic E-state index is 5.35. The maximum absolute atomic E-state index is 5.35. The van der Waals surface area contributed by atoms with E-state index in [9.17, 15) is 0 Å². The molecule has 0 bridgehead atoms. The molecule has 1 aromatic rings. The van der Waals surface area contributed by atoms with Gasteiger partial charge in [-0.05, 0) is 46.0 Å². The molecule has 1 aromatic carbocycles. The SMILES string of the molecule is CN=C(NCCC(C)C)NCc1cc(Br)c(OC)c(OC)c1. The van der Waals surface area contributed by atoms with Crippen molar-refractivity contribution in [1.29, 1.82) is 0 Å². The summed E-state index contributed by atoms with van der Waals surface area (Å²) in [6.07, 6.45) is 1.11. The highest BCUT2D eigenvalue weighted by atomic mass is 79.9. The molecular weight excluding hydrogens is 346 g/mol. The zero-order chi connectivity index (χ0) is 16.5. The first kappa shape index (κ1) is 18.6. The number of ether oxygens (including phenoxy) is 2. The average Bonchev–Trinajstić information content (AvgIpc) is 2.49. The fraction of sp³-hybridized carbons (Fsp3) is 0.562. The largest absolute Gasteiger partial charge is 0.493 e. The molecule has 0 fully saturated rings. The van der Waals surface area contributed by atoms with Crippen LogP contribution in [0.1, 0.15) is 25.8 Å². The molecule has 0 heterocycles. The predicted octanol–water partition coefficient (Wildman–Crippen LogP) is 3.18. The van der Waals surface area contributed by atoms with Crippen LogP contribution in [0.15, 0.2) is 21.6 Å². The van der Waals surface area contributed by atoms with Crippen molar-refractivity contribution in [3.63, 3.8) is 0 Å². The second-order valence-electron chi connectivity index (χ2n) is 5.35. The summed E-state index contributed by atoms with van der Waals surface area (Å²) in [5.74, 6) is 2.88. The molecule has 0 aromatic heterocycles. The average molecular weight is 372 g/mol. The van der Waals surface area contributed by atoms with E-state index in [1.54, 1.807) is 21.3 Å². The number of hydrogen-bond acceptors (Lipinski definition) is 3. The van der Waals surface area contributed by atoms with Crippen LogP contribution in [0.4, 0.5) is 0 Å². The number of methoxy groups -OCH3 is 2. The Morgan fingerprint density at radius 2 is 1.95 bits per heavy atom. The molecule has 0 spiro atoms. The van der Waals surface area contributed by atoms with Crippen molar-refractivity contribution in [3.05, 3.63) is 22.2 Å². The summed E-state index contributed by atoms with van der Waals surface area (Å²) in [7, 11) is 5.03. The summed E-state index contributed by atoms with van der Waals surface area (Å²) in [5, 5.41) is 6.61. The molecule has 0 aliphatic heterocycles. The topological polar surface area (TPSA) is 54.9 Å². The van der Waals surface area contributed by atoms with Crippen molar-refractivity contribution in [1.82, 2.24) is 10.6 Å². The second-order valence-corrected chi connectivity index (χ2v) is 6.20. The quantitative estimate of drug-likeness (QED) is 0.570. The minimum Gasteiger partial charge on any atom is -0.493 e. The molecule has 0 aliphatic carbocycles. The number of nitrogens with one attached hydrogen (secondary N) is 2. The Bertz CT molecular complexity index is 504. The number of aliphatic imine (C=N–C) groups is 1. The Morgan fingerprint density at radius 1 is 1.23 bits per heavy atom. The standard InChI is InChI=1S/C16H26BrN3O2/c1-11(2)6-7-19-16(18-3)20-10-12-8-13(17)15(22-5)14(9-12)21-4/h8-9,11H,6-7,10H2,1-5H3,(H2,18,19,20). The van der Waals surface area contributed by atoms with Gasteiger partial charge < -0.3 is 20.1 Å². The van der Waals surface area contributed by atoms with Crippen molar-refractivity contribution in [3.8, 4) is 11.5 Å². The molecule has 0 aliphatic rings. The predicted molar refractivity (Wildman–Crippen MR) is 94.9 cm³/mol. The minimum atomic E-state index is 0.653. The number of nitrogens with zero attached hydrogens (tertiary/aromatic N) is 1. The lowest BCUT2D eigenvalue weighted by Crippen LogP contribution is -2.37. The van der Waals surface area contributed by atoms with Crippen LogP contribution in [0, 0.1) is 5.92 Å². The van der Waals surface area contributed by atoms with Crippen molar-refractivity contribution in [2.75, 3.05) is 27.8 Å². The van der Waals surface area contributed by atoms with Gasteiger partial charge in [-0.3, -0.25) is 4.99 Å². The minimum absolute atomic E-state index is 0.653. The van der Waals surface area contributed by atoms with Gasteiger partial charge in [0.25, 0.3) is 0 Å². The summed E-state index contributed by atoms with van der Waals surface area (Å²) in [6, 6.07) is 3.97. The molecule has 0 atom stereocenters. The smallest absolute Gasteiger partial charge is 0.191 e. The number of halogens is 1. The van der Waals surface area contributed by atoms with E-state index in [1.165, 1.54) is 0 Å². The highest BCUT2D eigenvalue weighted by Crippen LogP contribution is 2.36. The molecule has 22 heavy (non-hydrogen) atoms. The van der Waals surface area contributed by atoms with E-state index in [0.717, 1.165) is 29.0 Å². The molecular formula is C16H26BrN3O2. The fourth-order valence-corrected chi connectivity index (χ4v) is 2.61. The maximum Gasteiger partial charge on any atom is 0.191 e. The van der Waals surface area contributed by atoms with Gasteiger partial charge in [-0.25, -0.2) is 0 Å². The van der Waals surface area contributed by atoms with E-state index in [1.807, 2.05) is 12.1 Å². The third-order valence-corrected chi connectivity index (χ3v) is 3.78. The van der Waals surface area contributed by atoms with Crippen LogP contribution in [0.3, 0.4) is 0 Å². The fourth-order valence-electron chi connectivity index (χ4n) is 1.96. The first-order valence-corrected chi connectivity index (χ1v) is 8.16. The lowest BCUT2D eigenvalue weighted by Gasteiger charge is -2.15. The van der Waals surface area contributed by atoms with Gasteiger partial charge in [0, 0.05) is 20.1 Å². The van der Waals surface area contributed by atoms with Gasteiger partial charge in [-0.1, -0.05) is 13.8 Å². The van der Waals surface area contributed by atoms with E-state index < -0.39 is 0 Å². The zero-order valence-corrected chi connectivity index (χ0v) is 15.6. The van der Waals surface area contributed by atoms with Crippen LogP contribution in [0.5, 0.6) is 11.5 Å². The number of guanidine groups is 1. The Hall–Kier alpha value is -1.43. The normalized spacial score (nSPS) is 11.5. The van der Waals surface area contributed by atoms with Crippen LogP contribution in [0.2, 0.25) is 0 Å². The lowest BCUT2D eigenvalue weighted by atomic mass is 10.1. The van der Waals surface area contributed by atoms with Gasteiger partial charge in [-0.15, -0.1) is 0 Å². The van der Waals surface area contributed by atoms with Gasteiger partial charge in [0.2, 0.25) is 0 Å². The van der Waals surface area contributed by atoms with E-state index >= 15 is 0 Å². The Labute approximate surface area is 141 Å². The molecule has 124 valence electrons. The molecule has 0 saturated carbocycles. The molecule has 1 rings (SSSR count). The number of rotatable bonds is 7. The van der Waals surface area contributed by atoms with Gasteiger partial charge in [-0.2, -0.15) is 0 Å². The zero-order valence-electron chi connectivity index (χ0n) is 14.0. The third kappa shape index (κ3) is 5.75. The van der Waals surface area contributed by atoms with Gasteiger partial charge in [0.1, 0.15) is 0 Å². The van der Waals surface area contributed by atoms with Crippen molar-refractivity contribution in [2.45, 2.75) is 26.8 Å². The first-order valence-electron chi connectivity index (χ1n) is 7.36. The van der Waals surface area contributed by atoms with Crippen molar-refractivity contribution in [2.24, 2.45) is 10.9 Å². The first-order chi connectivity index (χ1) is 10.5. The molecule has 2 N–H and O–H groups in total. The lowest BCUT2D eigenvalue weighted by molar-refractivity contribution is 0.352. The Balaban J connectivity index is 2.65. The second kappa shape index (κ2) is 9.56. The van der Waals surface area contributed by atoms with E-state index in [-0.39, 0.29) is 0 Å². The van der Waals surface area contributed by atoms with Gasteiger partial charge in [0.15, 0.2) is 17.5 Å². The summed E-state index contributed by atoms with van der Waals surface area (Å²) in [4.78, 5) is 4.23. The Kier molecular flexibility index (Phi) is 8.09.